The molecule has 0 heterocycles. The van der Waals surface area contributed by atoms with Crippen molar-refractivity contribution in [2.45, 2.75) is 40.0 Å². The fourth-order valence-electron chi connectivity index (χ4n) is 3.68. The summed E-state index contributed by atoms with van der Waals surface area (Å²) in [6.07, 6.45) is 3.25. The molecule has 2 N–H and O–H groups in total. The van der Waals surface area contributed by atoms with Crippen LogP contribution in [0.1, 0.15) is 50.4 Å². The Morgan fingerprint density at radius 2 is 1.88 bits per heavy atom. The molecule has 25 heavy (non-hydrogen) atoms. The summed E-state index contributed by atoms with van der Waals surface area (Å²) in [5.74, 6) is 1.14. The summed E-state index contributed by atoms with van der Waals surface area (Å²) >= 11 is 0. The standard InChI is InChI=1S/C21H26N2O2/c1-13(2)17-9-8-14(3)10-19(17)22-23-21(25)18-11-15-6-4-5-7-16(15)12-20(18)24/h4-7,11-14,17,24H,8-10H2,1-3H3,(H,23,25)/b22-19-/t14-,17-/m1/s1. The predicted molar refractivity (Wildman–Crippen MR) is 102 cm³/mol. The normalized spacial score (nSPS) is 22.5. The second-order valence-corrected chi connectivity index (χ2v) is 7.50. The molecule has 0 saturated heterocycles. The molecule has 1 fully saturated rings. The number of carbonyl (C=O) groups is 1. The molecule has 2 aromatic carbocycles. The van der Waals surface area contributed by atoms with Crippen molar-refractivity contribution in [3.63, 3.8) is 0 Å². The molecule has 1 aliphatic carbocycles. The Hall–Kier alpha value is -2.36. The summed E-state index contributed by atoms with van der Waals surface area (Å²) in [4.78, 5) is 12.5. The molecule has 4 nitrogen and oxygen atoms in total. The van der Waals surface area contributed by atoms with Crippen molar-refractivity contribution in [1.82, 2.24) is 5.43 Å². The van der Waals surface area contributed by atoms with Crippen LogP contribution in [-0.4, -0.2) is 16.7 Å². The minimum Gasteiger partial charge on any atom is -0.507 e. The number of hydrogen-bond donors (Lipinski definition) is 2. The number of fused-ring (bicyclic) bond motifs is 1. The lowest BCUT2D eigenvalue weighted by Crippen LogP contribution is -2.31. The highest BCUT2D eigenvalue weighted by molar-refractivity contribution is 6.02. The molecule has 0 aromatic heterocycles. The Kier molecular flexibility index (Phi) is 5.07. The van der Waals surface area contributed by atoms with Gasteiger partial charge in [-0.3, -0.25) is 4.79 Å². The highest BCUT2D eigenvalue weighted by Gasteiger charge is 2.27. The fourth-order valence-corrected chi connectivity index (χ4v) is 3.68. The number of hydrogen-bond acceptors (Lipinski definition) is 3. The van der Waals surface area contributed by atoms with Gasteiger partial charge in [0.15, 0.2) is 0 Å². The smallest absolute Gasteiger partial charge is 0.275 e. The molecule has 0 aliphatic heterocycles. The molecule has 0 bridgehead atoms. The number of nitrogens with one attached hydrogen (secondary N) is 1. The van der Waals surface area contributed by atoms with Gasteiger partial charge in [-0.25, -0.2) is 5.43 Å². The third-order valence-electron chi connectivity index (χ3n) is 5.17. The summed E-state index contributed by atoms with van der Waals surface area (Å²) in [7, 11) is 0. The highest BCUT2D eigenvalue weighted by Crippen LogP contribution is 2.31. The molecule has 1 saturated carbocycles. The molecule has 0 unspecified atom stereocenters. The largest absolute Gasteiger partial charge is 0.507 e. The lowest BCUT2D eigenvalue weighted by molar-refractivity contribution is 0.0951. The Balaban J connectivity index is 1.82. The van der Waals surface area contributed by atoms with E-state index in [0.29, 0.717) is 17.8 Å². The summed E-state index contributed by atoms with van der Waals surface area (Å²) in [5, 5.41) is 16.5. The van der Waals surface area contributed by atoms with Crippen molar-refractivity contribution in [3.05, 3.63) is 42.0 Å². The van der Waals surface area contributed by atoms with Crippen LogP contribution < -0.4 is 5.43 Å². The maximum absolute atomic E-state index is 12.5. The van der Waals surface area contributed by atoms with E-state index in [1.165, 1.54) is 6.42 Å². The lowest BCUT2D eigenvalue weighted by Gasteiger charge is -2.30. The number of phenolic OH excluding ortho intramolecular Hbond substituents is 1. The van der Waals surface area contributed by atoms with Gasteiger partial charge in [-0.15, -0.1) is 0 Å². The van der Waals surface area contributed by atoms with Gasteiger partial charge in [-0.2, -0.15) is 5.10 Å². The van der Waals surface area contributed by atoms with Crippen LogP contribution in [-0.2, 0) is 0 Å². The topological polar surface area (TPSA) is 61.7 Å². The highest BCUT2D eigenvalue weighted by atomic mass is 16.3. The molecule has 0 spiro atoms. The van der Waals surface area contributed by atoms with Gasteiger partial charge in [0.1, 0.15) is 5.75 Å². The summed E-state index contributed by atoms with van der Waals surface area (Å²) in [6.45, 7) is 6.63. The average Bonchev–Trinajstić information content (AvgIpc) is 2.58. The van der Waals surface area contributed by atoms with E-state index in [-0.39, 0.29) is 17.2 Å². The number of nitrogens with zero attached hydrogens (tertiary/aromatic N) is 1. The SMILES string of the molecule is CC(C)[C@H]1CC[C@@H](C)C/C1=N/NC(=O)c1cc2ccccc2cc1O. The Labute approximate surface area is 148 Å². The predicted octanol–water partition coefficient (Wildman–Crippen LogP) is 4.72. The van der Waals surface area contributed by atoms with Crippen molar-refractivity contribution in [3.8, 4) is 5.75 Å². The first-order chi connectivity index (χ1) is 12.0. The van der Waals surface area contributed by atoms with Gasteiger partial charge in [0.2, 0.25) is 0 Å². The van der Waals surface area contributed by atoms with E-state index in [1.807, 2.05) is 24.3 Å². The van der Waals surface area contributed by atoms with Gasteiger partial charge < -0.3 is 5.11 Å². The van der Waals surface area contributed by atoms with Crippen molar-refractivity contribution in [2.24, 2.45) is 22.9 Å². The van der Waals surface area contributed by atoms with E-state index < -0.39 is 0 Å². The molecule has 1 amide bonds. The van der Waals surface area contributed by atoms with Crippen LogP contribution in [0.4, 0.5) is 0 Å². The second kappa shape index (κ2) is 7.26. The number of carbonyl (C=O) groups excluding carboxylic acids is 1. The third-order valence-corrected chi connectivity index (χ3v) is 5.17. The molecule has 0 radical (unpaired) electrons. The first-order valence-corrected chi connectivity index (χ1v) is 9.04. The molecule has 132 valence electrons. The second-order valence-electron chi connectivity index (χ2n) is 7.50. The van der Waals surface area contributed by atoms with Crippen LogP contribution in [0.25, 0.3) is 10.8 Å². The van der Waals surface area contributed by atoms with E-state index in [4.69, 9.17) is 0 Å². The molecule has 2 aromatic rings. The lowest BCUT2D eigenvalue weighted by atomic mass is 9.76. The minimum absolute atomic E-state index is 0.0196. The Morgan fingerprint density at radius 3 is 2.56 bits per heavy atom. The zero-order chi connectivity index (χ0) is 18.0. The van der Waals surface area contributed by atoms with Crippen molar-refractivity contribution >= 4 is 22.4 Å². The zero-order valence-electron chi connectivity index (χ0n) is 15.1. The van der Waals surface area contributed by atoms with E-state index in [0.717, 1.165) is 29.3 Å². The van der Waals surface area contributed by atoms with Crippen LogP contribution in [0.15, 0.2) is 41.5 Å². The van der Waals surface area contributed by atoms with Gasteiger partial charge in [0.05, 0.1) is 5.56 Å². The molecule has 2 atom stereocenters. The van der Waals surface area contributed by atoms with Gasteiger partial charge in [0.25, 0.3) is 5.91 Å². The van der Waals surface area contributed by atoms with Gasteiger partial charge in [-0.05, 0) is 54.0 Å². The van der Waals surface area contributed by atoms with Crippen molar-refractivity contribution in [1.29, 1.82) is 0 Å². The Morgan fingerprint density at radius 1 is 1.20 bits per heavy atom. The van der Waals surface area contributed by atoms with E-state index in [2.05, 4.69) is 31.3 Å². The van der Waals surface area contributed by atoms with Gasteiger partial charge in [-0.1, -0.05) is 45.0 Å². The first kappa shape index (κ1) is 17.5. The quantitative estimate of drug-likeness (QED) is 0.795. The van der Waals surface area contributed by atoms with Crippen LogP contribution in [0.3, 0.4) is 0 Å². The van der Waals surface area contributed by atoms with E-state index in [1.54, 1.807) is 12.1 Å². The monoisotopic (exact) mass is 338 g/mol. The summed E-state index contributed by atoms with van der Waals surface area (Å²) in [5.41, 5.74) is 4.00. The number of phenols is 1. The minimum atomic E-state index is -0.364. The number of benzene rings is 2. The number of aromatic hydroxyl groups is 1. The molecule has 4 heteroatoms. The van der Waals surface area contributed by atoms with E-state index >= 15 is 0 Å². The average molecular weight is 338 g/mol. The Bertz CT molecular complexity index is 811. The van der Waals surface area contributed by atoms with E-state index in [9.17, 15) is 9.90 Å². The summed E-state index contributed by atoms with van der Waals surface area (Å²) < 4.78 is 0. The number of amides is 1. The molecular weight excluding hydrogens is 312 g/mol. The van der Waals surface area contributed by atoms with Gasteiger partial charge in [0, 0.05) is 11.6 Å². The summed E-state index contributed by atoms with van der Waals surface area (Å²) in [6, 6.07) is 11.0. The molecular formula is C21H26N2O2. The van der Waals surface area contributed by atoms with Crippen LogP contribution in [0, 0.1) is 17.8 Å². The van der Waals surface area contributed by atoms with Gasteiger partial charge >= 0.3 is 0 Å². The van der Waals surface area contributed by atoms with Crippen LogP contribution in [0.5, 0.6) is 5.75 Å². The fraction of sp³-hybridized carbons (Fsp3) is 0.429. The zero-order valence-corrected chi connectivity index (χ0v) is 15.1. The third kappa shape index (κ3) is 3.84. The van der Waals surface area contributed by atoms with Crippen LogP contribution >= 0.6 is 0 Å². The molecule has 3 rings (SSSR count). The maximum Gasteiger partial charge on any atom is 0.275 e. The maximum atomic E-state index is 12.5. The van der Waals surface area contributed by atoms with Crippen LogP contribution in [0.2, 0.25) is 0 Å². The molecule has 1 aliphatic rings. The number of hydrazone groups is 1. The van der Waals surface area contributed by atoms with Crippen molar-refractivity contribution < 1.29 is 9.90 Å². The first-order valence-electron chi connectivity index (χ1n) is 9.04. The number of rotatable bonds is 3. The van der Waals surface area contributed by atoms with Crippen molar-refractivity contribution in [2.75, 3.05) is 0 Å².